The molecule has 3 heterocycles. The van der Waals surface area contributed by atoms with Crippen molar-refractivity contribution < 1.29 is 9.53 Å². The van der Waals surface area contributed by atoms with E-state index in [-0.39, 0.29) is 24.4 Å². The second kappa shape index (κ2) is 6.20. The molecule has 3 saturated heterocycles. The van der Waals surface area contributed by atoms with Crippen LogP contribution >= 0.6 is 24.2 Å². The van der Waals surface area contributed by atoms with Crippen molar-refractivity contribution in [3.8, 4) is 0 Å². The van der Waals surface area contributed by atoms with Gasteiger partial charge in [0.1, 0.15) is 0 Å². The molecule has 0 aliphatic carbocycles. The van der Waals surface area contributed by atoms with Crippen LogP contribution in [0.2, 0.25) is 0 Å². The van der Waals surface area contributed by atoms with Crippen LogP contribution in [-0.4, -0.2) is 54.2 Å². The first kappa shape index (κ1) is 15.4. The van der Waals surface area contributed by atoms with Crippen LogP contribution in [0.5, 0.6) is 0 Å². The summed E-state index contributed by atoms with van der Waals surface area (Å²) in [6, 6.07) is -0.310. The van der Waals surface area contributed by atoms with Gasteiger partial charge in [-0.1, -0.05) is 0 Å². The molecule has 6 heteroatoms. The lowest BCUT2D eigenvalue weighted by molar-refractivity contribution is -0.132. The van der Waals surface area contributed by atoms with Gasteiger partial charge in [-0.25, -0.2) is 0 Å². The molecule has 4 nitrogen and oxygen atoms in total. The molecule has 0 aromatic carbocycles. The summed E-state index contributed by atoms with van der Waals surface area (Å²) >= 11 is 1.75. The summed E-state index contributed by atoms with van der Waals surface area (Å²) in [6.07, 6.45) is 6.04. The molecular weight excluding hydrogens is 284 g/mol. The highest BCUT2D eigenvalue weighted by atomic mass is 35.5. The van der Waals surface area contributed by atoms with E-state index in [9.17, 15) is 4.79 Å². The number of thioether (sulfide) groups is 1. The molecule has 0 aromatic heterocycles. The number of hydrogen-bond donors (Lipinski definition) is 1. The molecule has 2 bridgehead atoms. The lowest BCUT2D eigenvalue weighted by atomic mass is 9.82. The lowest BCUT2D eigenvalue weighted by Gasteiger charge is -2.22. The predicted octanol–water partition coefficient (Wildman–Crippen LogP) is 1.12. The SMILES string of the molecule is CSCC[C@H](N)C(=O)N1CC2C3CCC(O3)C2C1.Cl. The number of rotatable bonds is 4. The van der Waals surface area contributed by atoms with Gasteiger partial charge in [-0.3, -0.25) is 4.79 Å². The Morgan fingerprint density at radius 2 is 1.95 bits per heavy atom. The number of nitrogens with zero attached hydrogens (tertiary/aromatic N) is 1. The third-order valence-corrected chi connectivity index (χ3v) is 5.36. The van der Waals surface area contributed by atoms with Crippen LogP contribution in [0.3, 0.4) is 0 Å². The third-order valence-electron chi connectivity index (χ3n) is 4.71. The quantitative estimate of drug-likeness (QED) is 0.846. The number of amides is 1. The number of carbonyl (C=O) groups is 1. The molecular formula is C13H23ClN2O2S. The molecule has 0 spiro atoms. The highest BCUT2D eigenvalue weighted by molar-refractivity contribution is 7.98. The summed E-state index contributed by atoms with van der Waals surface area (Å²) in [5.74, 6) is 2.28. The van der Waals surface area contributed by atoms with Crippen molar-refractivity contribution in [1.29, 1.82) is 0 Å². The number of halogens is 1. The van der Waals surface area contributed by atoms with Gasteiger partial charge in [0.05, 0.1) is 18.2 Å². The molecule has 3 fully saturated rings. The molecule has 0 aromatic rings. The van der Waals surface area contributed by atoms with Crippen molar-refractivity contribution in [2.75, 3.05) is 25.1 Å². The molecule has 2 N–H and O–H groups in total. The Balaban J connectivity index is 0.00000133. The largest absolute Gasteiger partial charge is 0.374 e. The van der Waals surface area contributed by atoms with E-state index in [2.05, 4.69) is 0 Å². The van der Waals surface area contributed by atoms with Gasteiger partial charge >= 0.3 is 0 Å². The number of hydrogen-bond acceptors (Lipinski definition) is 4. The number of fused-ring (bicyclic) bond motifs is 5. The van der Waals surface area contributed by atoms with E-state index in [0.29, 0.717) is 24.0 Å². The van der Waals surface area contributed by atoms with Crippen molar-refractivity contribution >= 4 is 30.1 Å². The maximum atomic E-state index is 12.3. The molecule has 0 radical (unpaired) electrons. The molecule has 19 heavy (non-hydrogen) atoms. The van der Waals surface area contributed by atoms with Gasteiger partial charge in [0.2, 0.25) is 5.91 Å². The summed E-state index contributed by atoms with van der Waals surface area (Å²) in [6.45, 7) is 1.75. The van der Waals surface area contributed by atoms with E-state index in [0.717, 1.165) is 25.3 Å². The van der Waals surface area contributed by atoms with Gasteiger partial charge in [-0.05, 0) is 31.3 Å². The Hall–Kier alpha value is 0.0300. The van der Waals surface area contributed by atoms with E-state index in [1.807, 2.05) is 11.2 Å². The Labute approximate surface area is 125 Å². The fourth-order valence-corrected chi connectivity index (χ4v) is 4.23. The summed E-state index contributed by atoms with van der Waals surface area (Å²) in [4.78, 5) is 14.3. The Bertz CT molecular complexity index is 327. The monoisotopic (exact) mass is 306 g/mol. The summed E-state index contributed by atoms with van der Waals surface area (Å²) < 4.78 is 5.92. The average molecular weight is 307 g/mol. The van der Waals surface area contributed by atoms with Crippen LogP contribution in [0.15, 0.2) is 0 Å². The first-order valence-electron chi connectivity index (χ1n) is 6.89. The van der Waals surface area contributed by atoms with Crippen molar-refractivity contribution in [2.24, 2.45) is 17.6 Å². The van der Waals surface area contributed by atoms with Gasteiger partial charge in [0.25, 0.3) is 0 Å². The molecule has 0 saturated carbocycles. The summed E-state index contributed by atoms with van der Waals surface area (Å²) in [7, 11) is 0. The van der Waals surface area contributed by atoms with E-state index < -0.39 is 0 Å². The number of ether oxygens (including phenoxy) is 1. The summed E-state index contributed by atoms with van der Waals surface area (Å²) in [5.41, 5.74) is 5.98. The average Bonchev–Trinajstić information content (AvgIpc) is 3.05. The summed E-state index contributed by atoms with van der Waals surface area (Å²) in [5, 5.41) is 0. The molecule has 110 valence electrons. The maximum Gasteiger partial charge on any atom is 0.239 e. The van der Waals surface area contributed by atoms with Gasteiger partial charge in [0, 0.05) is 24.9 Å². The number of nitrogens with two attached hydrogens (primary N) is 1. The second-order valence-electron chi connectivity index (χ2n) is 5.75. The van der Waals surface area contributed by atoms with Crippen LogP contribution < -0.4 is 5.73 Å². The number of likely N-dealkylation sites (tertiary alicyclic amines) is 1. The van der Waals surface area contributed by atoms with E-state index in [1.165, 1.54) is 12.8 Å². The number of carbonyl (C=O) groups excluding carboxylic acids is 1. The van der Waals surface area contributed by atoms with Crippen molar-refractivity contribution in [1.82, 2.24) is 4.90 Å². The smallest absolute Gasteiger partial charge is 0.239 e. The third kappa shape index (κ3) is 2.75. The van der Waals surface area contributed by atoms with E-state index in [4.69, 9.17) is 10.5 Å². The van der Waals surface area contributed by atoms with Gasteiger partial charge in [0.15, 0.2) is 0 Å². The molecule has 3 aliphatic rings. The standard InChI is InChI=1S/C13H22N2O2S.ClH/c1-18-5-4-10(14)13(16)15-6-8-9(7-15)12-3-2-11(8)17-12;/h8-12H,2-7,14H2,1H3;1H/t8?,9?,10-,11?,12?;/m0./s1. The van der Waals surface area contributed by atoms with Crippen LogP contribution in [0, 0.1) is 11.8 Å². The van der Waals surface area contributed by atoms with Crippen molar-refractivity contribution in [2.45, 2.75) is 37.5 Å². The van der Waals surface area contributed by atoms with Crippen LogP contribution in [0.1, 0.15) is 19.3 Å². The van der Waals surface area contributed by atoms with Crippen molar-refractivity contribution in [3.05, 3.63) is 0 Å². The fourth-order valence-electron chi connectivity index (χ4n) is 3.74. The lowest BCUT2D eigenvalue weighted by Crippen LogP contribution is -2.43. The minimum Gasteiger partial charge on any atom is -0.374 e. The maximum absolute atomic E-state index is 12.3. The molecule has 5 atom stereocenters. The van der Waals surface area contributed by atoms with Gasteiger partial charge in [-0.15, -0.1) is 12.4 Å². The molecule has 1 amide bonds. The Morgan fingerprint density at radius 3 is 2.47 bits per heavy atom. The second-order valence-corrected chi connectivity index (χ2v) is 6.73. The zero-order chi connectivity index (χ0) is 12.7. The molecule has 4 unspecified atom stereocenters. The topological polar surface area (TPSA) is 55.6 Å². The van der Waals surface area contributed by atoms with E-state index in [1.54, 1.807) is 11.8 Å². The van der Waals surface area contributed by atoms with Gasteiger partial charge < -0.3 is 15.4 Å². The Kier molecular flexibility index (Phi) is 5.04. The minimum absolute atomic E-state index is 0. The van der Waals surface area contributed by atoms with Crippen LogP contribution in [0.4, 0.5) is 0 Å². The Morgan fingerprint density at radius 1 is 1.37 bits per heavy atom. The zero-order valence-corrected chi connectivity index (χ0v) is 12.9. The first-order valence-corrected chi connectivity index (χ1v) is 8.29. The normalized spacial score (nSPS) is 37.1. The molecule has 3 aliphatic heterocycles. The zero-order valence-electron chi connectivity index (χ0n) is 11.3. The molecule has 3 rings (SSSR count). The van der Waals surface area contributed by atoms with Crippen LogP contribution in [-0.2, 0) is 9.53 Å². The predicted molar refractivity (Wildman–Crippen MR) is 79.7 cm³/mol. The fraction of sp³-hybridized carbons (Fsp3) is 0.923. The van der Waals surface area contributed by atoms with Crippen molar-refractivity contribution in [3.63, 3.8) is 0 Å². The highest BCUT2D eigenvalue weighted by Gasteiger charge is 2.53. The van der Waals surface area contributed by atoms with Crippen LogP contribution in [0.25, 0.3) is 0 Å². The van der Waals surface area contributed by atoms with Gasteiger partial charge in [-0.2, -0.15) is 11.8 Å². The van der Waals surface area contributed by atoms with E-state index >= 15 is 0 Å². The highest BCUT2D eigenvalue weighted by Crippen LogP contribution is 2.47. The minimum atomic E-state index is -0.310. The first-order chi connectivity index (χ1) is 8.70.